The molecule has 0 rings (SSSR count). The zero-order valence-corrected chi connectivity index (χ0v) is 7.51. The van der Waals surface area contributed by atoms with E-state index in [-0.39, 0.29) is 41.3 Å². The second-order valence-electron chi connectivity index (χ2n) is 0.396. The Morgan fingerprint density at radius 1 is 1.17 bits per heavy atom. The van der Waals surface area contributed by atoms with Crippen LogP contribution in [0.2, 0.25) is 0 Å². The minimum atomic E-state index is -5.38. The van der Waals surface area contributed by atoms with Gasteiger partial charge in [0.1, 0.15) is 0 Å². The summed E-state index contributed by atoms with van der Waals surface area (Å²) in [6, 6.07) is 0. The van der Waals surface area contributed by atoms with Crippen molar-refractivity contribution in [2.45, 2.75) is 0 Å². The van der Waals surface area contributed by atoms with Crippen molar-refractivity contribution in [3.8, 4) is 0 Å². The first kappa shape index (κ1) is 10.3. The fraction of sp³-hybridized carbons (Fsp3) is 0. The first-order valence-corrected chi connectivity index (χ1v) is 2.61. The SMILES string of the molecule is [O]=[Mn](=[O])(=[O])[OH].[Pr]. The van der Waals surface area contributed by atoms with E-state index in [2.05, 4.69) is 0 Å². The van der Waals surface area contributed by atoms with E-state index in [1.165, 1.54) is 0 Å². The summed E-state index contributed by atoms with van der Waals surface area (Å²) >= 11 is -5.38. The molecule has 0 heterocycles. The minimum Gasteiger partial charge on any atom is 0 e. The second kappa shape index (κ2) is 3.27. The van der Waals surface area contributed by atoms with Crippen LogP contribution < -0.4 is 0 Å². The van der Waals surface area contributed by atoms with E-state index < -0.39 is 13.0 Å². The zero-order chi connectivity index (χ0) is 4.50. The minimum absolute atomic E-state index is 0. The number of hydrogen-bond acceptors (Lipinski definition) is 3. The van der Waals surface area contributed by atoms with Gasteiger partial charge in [-0.15, -0.1) is 0 Å². The molecule has 0 spiro atoms. The molecule has 0 bridgehead atoms. The van der Waals surface area contributed by atoms with Gasteiger partial charge in [0.2, 0.25) is 0 Å². The van der Waals surface area contributed by atoms with Gasteiger partial charge in [-0.3, -0.25) is 0 Å². The van der Waals surface area contributed by atoms with Crippen molar-refractivity contribution in [1.82, 2.24) is 0 Å². The molecule has 6 heteroatoms. The van der Waals surface area contributed by atoms with Crippen LogP contribution in [0, 0.1) is 41.3 Å². The summed E-state index contributed by atoms with van der Waals surface area (Å²) in [4.78, 5) is 0. The first-order chi connectivity index (χ1) is 2.00. The van der Waals surface area contributed by atoms with Gasteiger partial charge in [-0.05, 0) is 0 Å². The molecule has 0 amide bonds. The molecule has 0 fully saturated rings. The van der Waals surface area contributed by atoms with E-state index in [4.69, 9.17) is 15.7 Å². The van der Waals surface area contributed by atoms with Crippen LogP contribution in [0.5, 0.6) is 0 Å². The normalized spacial score (nSPS) is 9.50. The Morgan fingerprint density at radius 3 is 1.17 bits per heavy atom. The van der Waals surface area contributed by atoms with Crippen LogP contribution in [0.3, 0.4) is 0 Å². The van der Waals surface area contributed by atoms with Crippen molar-refractivity contribution in [3.63, 3.8) is 0 Å². The summed E-state index contributed by atoms with van der Waals surface area (Å²) in [7, 11) is 0. The maximum Gasteiger partial charge on any atom is 0 e. The van der Waals surface area contributed by atoms with Crippen LogP contribution in [0.1, 0.15) is 0 Å². The third kappa shape index (κ3) is 61.1. The molecule has 0 atom stereocenters. The van der Waals surface area contributed by atoms with Gasteiger partial charge >= 0.3 is 28.7 Å². The molecule has 0 aromatic rings. The summed E-state index contributed by atoms with van der Waals surface area (Å²) in [5, 5.41) is 0. The van der Waals surface area contributed by atoms with Gasteiger partial charge in [-0.2, -0.15) is 0 Å². The van der Waals surface area contributed by atoms with Crippen molar-refractivity contribution in [3.05, 3.63) is 0 Å². The molecule has 0 saturated carbocycles. The molecule has 0 unspecified atom stereocenters. The van der Waals surface area contributed by atoms with Gasteiger partial charge in [0.05, 0.1) is 0 Å². The third-order valence-electron chi connectivity index (χ3n) is 0. The van der Waals surface area contributed by atoms with Gasteiger partial charge in [0.15, 0.2) is 0 Å². The van der Waals surface area contributed by atoms with Crippen LogP contribution >= 0.6 is 0 Å². The average molecular weight is 261 g/mol. The molecule has 6 heavy (non-hydrogen) atoms. The Morgan fingerprint density at radius 2 is 1.17 bits per heavy atom. The Balaban J connectivity index is 0. The van der Waals surface area contributed by atoms with E-state index >= 15 is 0 Å². The average Bonchev–Trinajstić information content (AvgIpc) is 0.722. The Hall–Kier alpha value is 1.24. The molecule has 1 N–H and O–H groups in total. The Bertz CT molecular complexity index is 129. The Labute approximate surface area is 69.0 Å². The number of rotatable bonds is 0. The summed E-state index contributed by atoms with van der Waals surface area (Å²) in [5.41, 5.74) is 0. The van der Waals surface area contributed by atoms with Gasteiger partial charge in [0, 0.05) is 41.3 Å². The second-order valence-corrected chi connectivity index (χ2v) is 1.63. The molecule has 4 nitrogen and oxygen atoms in total. The monoisotopic (exact) mass is 261 g/mol. The molecule has 0 aromatic heterocycles. The van der Waals surface area contributed by atoms with Crippen molar-refractivity contribution in [1.29, 1.82) is 0 Å². The van der Waals surface area contributed by atoms with Crippen molar-refractivity contribution < 1.29 is 70.0 Å². The topological polar surface area (TPSA) is 71.4 Å². The molecule has 0 saturated heterocycles. The van der Waals surface area contributed by atoms with Gasteiger partial charge in [0.25, 0.3) is 0 Å². The van der Waals surface area contributed by atoms with Crippen LogP contribution in [-0.4, -0.2) is 4.19 Å². The van der Waals surface area contributed by atoms with Gasteiger partial charge in [-0.25, -0.2) is 0 Å². The summed E-state index contributed by atoms with van der Waals surface area (Å²) in [6.07, 6.45) is 0. The van der Waals surface area contributed by atoms with Crippen LogP contribution in [0.15, 0.2) is 0 Å². The van der Waals surface area contributed by atoms with E-state index in [9.17, 15) is 0 Å². The molecular formula is HMnO4Pr. The summed E-state index contributed by atoms with van der Waals surface area (Å²) in [5.74, 6) is 0. The molecule has 1 radical (unpaired) electrons. The molecule has 0 aliphatic heterocycles. The Kier molecular flexibility index (Phi) is 5.60. The fourth-order valence-electron chi connectivity index (χ4n) is 0. The summed E-state index contributed by atoms with van der Waals surface area (Å²) < 4.78 is 33.1. The van der Waals surface area contributed by atoms with Gasteiger partial charge < -0.3 is 0 Å². The largest absolute Gasteiger partial charge is 0 e. The fourth-order valence-corrected chi connectivity index (χ4v) is 0. The molecule has 0 aliphatic carbocycles. The molecular weight excluding hydrogens is 260 g/mol. The predicted molar refractivity (Wildman–Crippen MR) is 4.28 cm³/mol. The van der Waals surface area contributed by atoms with E-state index in [1.54, 1.807) is 0 Å². The maximum atomic E-state index is 8.69. The van der Waals surface area contributed by atoms with E-state index in [0.29, 0.717) is 0 Å². The molecule has 0 aliphatic rings. The third-order valence-corrected chi connectivity index (χ3v) is 0. The number of hydrogen-bond donors (Lipinski definition) is 1. The molecule has 0 aromatic carbocycles. The predicted octanol–water partition coefficient (Wildman–Crippen LogP) is -0.916. The van der Waals surface area contributed by atoms with Crippen molar-refractivity contribution in [2.24, 2.45) is 0 Å². The van der Waals surface area contributed by atoms with Crippen LogP contribution in [0.4, 0.5) is 0 Å². The standard InChI is InChI=1S/Mn.H2O.3O.Pr/h;1H2;;;;/q+1;;;;;/p-1. The maximum absolute atomic E-state index is 8.69. The molecule has 35 valence electrons. The van der Waals surface area contributed by atoms with Crippen LogP contribution in [0.25, 0.3) is 0 Å². The van der Waals surface area contributed by atoms with Crippen LogP contribution in [-0.2, 0) is 24.5 Å². The zero-order valence-electron chi connectivity index (χ0n) is 2.63. The van der Waals surface area contributed by atoms with E-state index in [0.717, 1.165) is 0 Å². The first-order valence-electron chi connectivity index (χ1n) is 0.632. The van der Waals surface area contributed by atoms with Gasteiger partial charge in [-0.1, -0.05) is 0 Å². The van der Waals surface area contributed by atoms with Crippen molar-refractivity contribution in [2.75, 3.05) is 0 Å². The summed E-state index contributed by atoms with van der Waals surface area (Å²) in [6.45, 7) is 0. The quantitative estimate of drug-likeness (QED) is 0.572. The van der Waals surface area contributed by atoms with E-state index in [1.807, 2.05) is 0 Å². The smallest absolute Gasteiger partial charge is 0 e. The van der Waals surface area contributed by atoms with Crippen molar-refractivity contribution >= 4 is 0 Å².